The summed E-state index contributed by atoms with van der Waals surface area (Å²) < 4.78 is 0. The SMILES string of the molecule is C=C=C=C.C=CC=C.C=Cc1ccccc1.CCCC. The van der Waals surface area contributed by atoms with Gasteiger partial charge < -0.3 is 0 Å². The zero-order valence-electron chi connectivity index (χ0n) is 13.1. The molecule has 0 heteroatoms. The van der Waals surface area contributed by atoms with Crippen molar-refractivity contribution in [3.63, 3.8) is 0 Å². The van der Waals surface area contributed by atoms with Gasteiger partial charge >= 0.3 is 0 Å². The van der Waals surface area contributed by atoms with Gasteiger partial charge in [-0.25, -0.2) is 0 Å². The lowest BCUT2D eigenvalue weighted by Gasteiger charge is -1.85. The predicted molar refractivity (Wildman–Crippen MR) is 95.8 cm³/mol. The molecule has 0 heterocycles. The van der Waals surface area contributed by atoms with Gasteiger partial charge in [0.2, 0.25) is 0 Å². The van der Waals surface area contributed by atoms with Crippen molar-refractivity contribution in [2.75, 3.05) is 0 Å². The highest BCUT2D eigenvalue weighted by atomic mass is 13.8. The molecule has 0 saturated carbocycles. The lowest BCUT2D eigenvalue weighted by molar-refractivity contribution is 0.886. The molecule has 0 unspecified atom stereocenters. The second kappa shape index (κ2) is 25.6. The first-order valence-corrected chi connectivity index (χ1v) is 6.63. The minimum Gasteiger partial charge on any atom is -0.0991 e. The summed E-state index contributed by atoms with van der Waals surface area (Å²) in [4.78, 5) is 0. The molecular weight excluding hydrogens is 240 g/mol. The molecule has 108 valence electrons. The minimum absolute atomic E-state index is 1.17. The van der Waals surface area contributed by atoms with E-state index in [1.807, 2.05) is 36.4 Å². The predicted octanol–water partition coefficient (Wildman–Crippen LogP) is 6.61. The van der Waals surface area contributed by atoms with Crippen molar-refractivity contribution in [3.8, 4) is 0 Å². The molecule has 0 fully saturated rings. The highest BCUT2D eigenvalue weighted by molar-refractivity contribution is 5.45. The maximum Gasteiger partial charge on any atom is -0.0263 e. The van der Waals surface area contributed by atoms with Crippen molar-refractivity contribution >= 4 is 6.08 Å². The van der Waals surface area contributed by atoms with E-state index in [0.717, 1.165) is 0 Å². The molecule has 0 aromatic heterocycles. The topological polar surface area (TPSA) is 0 Å². The van der Waals surface area contributed by atoms with Crippen molar-refractivity contribution in [1.82, 2.24) is 0 Å². The number of hydrogen-bond donors (Lipinski definition) is 0. The first-order valence-electron chi connectivity index (χ1n) is 6.63. The van der Waals surface area contributed by atoms with Crippen molar-refractivity contribution < 1.29 is 0 Å². The number of rotatable bonds is 3. The monoisotopic (exact) mass is 268 g/mol. The van der Waals surface area contributed by atoms with Gasteiger partial charge in [0.05, 0.1) is 0 Å². The molecule has 0 bridgehead atoms. The van der Waals surface area contributed by atoms with Crippen LogP contribution in [-0.4, -0.2) is 0 Å². The van der Waals surface area contributed by atoms with Gasteiger partial charge in [-0.15, -0.1) is 0 Å². The first kappa shape index (κ1) is 22.9. The third-order valence-electron chi connectivity index (χ3n) is 1.83. The van der Waals surface area contributed by atoms with Crippen LogP contribution < -0.4 is 0 Å². The second-order valence-corrected chi connectivity index (χ2v) is 3.44. The Kier molecular flexibility index (Phi) is 29.2. The average Bonchev–Trinajstić information content (AvgIpc) is 2.56. The smallest absolute Gasteiger partial charge is 0.0263 e. The second-order valence-electron chi connectivity index (χ2n) is 3.44. The van der Waals surface area contributed by atoms with Gasteiger partial charge in [-0.3, -0.25) is 0 Å². The zero-order valence-corrected chi connectivity index (χ0v) is 13.1. The van der Waals surface area contributed by atoms with Crippen molar-refractivity contribution in [1.29, 1.82) is 0 Å². The number of hydrogen-bond acceptors (Lipinski definition) is 0. The third kappa shape index (κ3) is 29.6. The van der Waals surface area contributed by atoms with Gasteiger partial charge in [-0.1, -0.05) is 106 Å². The van der Waals surface area contributed by atoms with Crippen LogP contribution in [0.5, 0.6) is 0 Å². The Morgan fingerprint density at radius 3 is 1.40 bits per heavy atom. The Hall–Kier alpha value is -2.26. The lowest BCUT2D eigenvalue weighted by Crippen LogP contribution is -1.63. The molecule has 0 atom stereocenters. The van der Waals surface area contributed by atoms with Gasteiger partial charge in [0, 0.05) is 0 Å². The Bertz CT molecular complexity index is 367. The van der Waals surface area contributed by atoms with Gasteiger partial charge in [0.15, 0.2) is 0 Å². The summed E-state index contributed by atoms with van der Waals surface area (Å²) >= 11 is 0. The van der Waals surface area contributed by atoms with E-state index < -0.39 is 0 Å². The van der Waals surface area contributed by atoms with Crippen LogP contribution in [0.25, 0.3) is 6.08 Å². The molecule has 0 N–H and O–H groups in total. The zero-order chi connectivity index (χ0) is 16.1. The number of benzene rings is 1. The largest absolute Gasteiger partial charge is 0.0991 e. The molecule has 1 rings (SSSR count). The molecule has 0 aliphatic rings. The van der Waals surface area contributed by atoms with Crippen molar-refractivity contribution in [2.24, 2.45) is 0 Å². The molecular formula is C20H28. The molecule has 0 aliphatic heterocycles. The first-order chi connectivity index (χ1) is 9.67. The summed E-state index contributed by atoms with van der Waals surface area (Å²) in [7, 11) is 0. The van der Waals surface area contributed by atoms with Gasteiger partial charge in [-0.05, 0) is 18.7 Å². The summed E-state index contributed by atoms with van der Waals surface area (Å²) in [6.07, 6.45) is 7.75. The summed E-state index contributed by atoms with van der Waals surface area (Å²) in [5, 5.41) is 0. The highest BCUT2D eigenvalue weighted by Gasteiger charge is 1.75. The van der Waals surface area contributed by atoms with Gasteiger partial charge in [0.25, 0.3) is 0 Å². The Morgan fingerprint density at radius 2 is 1.25 bits per heavy atom. The molecule has 1 aromatic carbocycles. The summed E-state index contributed by atoms with van der Waals surface area (Å²) in [5.41, 5.74) is 5.81. The van der Waals surface area contributed by atoms with Crippen LogP contribution in [0.4, 0.5) is 0 Å². The van der Waals surface area contributed by atoms with Gasteiger partial charge in [-0.2, -0.15) is 0 Å². The van der Waals surface area contributed by atoms with E-state index >= 15 is 0 Å². The fraction of sp³-hybridized carbons (Fsp3) is 0.200. The lowest BCUT2D eigenvalue weighted by atomic mass is 10.2. The Morgan fingerprint density at radius 1 is 0.850 bits per heavy atom. The number of unbranched alkanes of at least 4 members (excludes halogenated alkanes) is 1. The van der Waals surface area contributed by atoms with Crippen LogP contribution in [0.2, 0.25) is 0 Å². The maximum atomic E-state index is 3.63. The van der Waals surface area contributed by atoms with E-state index in [-0.39, 0.29) is 0 Å². The summed E-state index contributed by atoms with van der Waals surface area (Å²) in [5.74, 6) is 0. The van der Waals surface area contributed by atoms with E-state index in [4.69, 9.17) is 0 Å². The molecule has 0 aliphatic carbocycles. The highest BCUT2D eigenvalue weighted by Crippen LogP contribution is 1.97. The molecule has 0 amide bonds. The maximum absolute atomic E-state index is 3.63. The number of allylic oxidation sites excluding steroid dienone is 2. The van der Waals surface area contributed by atoms with E-state index in [0.29, 0.717) is 0 Å². The quantitative estimate of drug-likeness (QED) is 0.427. The third-order valence-corrected chi connectivity index (χ3v) is 1.83. The van der Waals surface area contributed by atoms with Crippen LogP contribution in [0.1, 0.15) is 32.3 Å². The fourth-order valence-electron chi connectivity index (χ4n) is 0.589. The van der Waals surface area contributed by atoms with Gasteiger partial charge in [0.1, 0.15) is 0 Å². The molecule has 0 radical (unpaired) electrons. The molecule has 20 heavy (non-hydrogen) atoms. The van der Waals surface area contributed by atoms with E-state index in [2.05, 4.69) is 58.2 Å². The normalized spacial score (nSPS) is 6.50. The molecule has 0 saturated heterocycles. The van der Waals surface area contributed by atoms with E-state index in [1.165, 1.54) is 18.4 Å². The van der Waals surface area contributed by atoms with Crippen molar-refractivity contribution in [3.05, 3.63) is 92.4 Å². The van der Waals surface area contributed by atoms with Crippen LogP contribution >= 0.6 is 0 Å². The average molecular weight is 268 g/mol. The molecule has 1 aromatic rings. The van der Waals surface area contributed by atoms with Crippen molar-refractivity contribution in [2.45, 2.75) is 26.7 Å². The van der Waals surface area contributed by atoms with Crippen LogP contribution in [0, 0.1) is 0 Å². The van der Waals surface area contributed by atoms with Crippen LogP contribution in [0.15, 0.2) is 86.8 Å². The van der Waals surface area contributed by atoms with Crippen LogP contribution in [0.3, 0.4) is 0 Å². The van der Waals surface area contributed by atoms with E-state index in [9.17, 15) is 0 Å². The summed E-state index contributed by atoms with van der Waals surface area (Å²) in [6.45, 7) is 21.1. The molecule has 0 spiro atoms. The van der Waals surface area contributed by atoms with E-state index in [1.54, 1.807) is 12.2 Å². The molecule has 0 nitrogen and oxygen atoms in total. The fourth-order valence-corrected chi connectivity index (χ4v) is 0.589. The Labute approximate surface area is 125 Å². The Balaban J connectivity index is -0.000000209. The minimum atomic E-state index is 1.17. The van der Waals surface area contributed by atoms with Crippen LogP contribution in [-0.2, 0) is 0 Å². The standard InChI is InChI=1S/C8H8.C4H10.C4H6.C4H4/c1-2-8-6-4-3-5-7-8;3*1-3-4-2/h2-7H,1H2;3-4H2,1-2H3;3-4H,1-2H2;1-2H2. The summed E-state index contributed by atoms with van der Waals surface area (Å²) in [6, 6.07) is 10.0.